The van der Waals surface area contributed by atoms with Crippen LogP contribution in [0.1, 0.15) is 82.3 Å². The minimum absolute atomic E-state index is 0.0584. The molecule has 3 unspecified atom stereocenters. The number of nitrogens with one attached hydrogen (secondary N) is 1. The lowest BCUT2D eigenvalue weighted by molar-refractivity contribution is -0.192. The highest BCUT2D eigenvalue weighted by Crippen LogP contribution is 2.65. The van der Waals surface area contributed by atoms with Gasteiger partial charge in [0.15, 0.2) is 11.5 Å². The fourth-order valence-corrected chi connectivity index (χ4v) is 9.01. The number of ether oxygens (including phenoxy) is 1. The van der Waals surface area contributed by atoms with E-state index in [1.165, 1.54) is 31.2 Å². The van der Waals surface area contributed by atoms with Crippen LogP contribution < -0.4 is 10.1 Å². The lowest BCUT2D eigenvalue weighted by Gasteiger charge is -2.64. The monoisotopic (exact) mass is 480 g/mol. The van der Waals surface area contributed by atoms with Crippen LogP contribution in [0.5, 0.6) is 11.5 Å². The molecule has 4 aliphatic carbocycles. The van der Waals surface area contributed by atoms with Crippen LogP contribution >= 0.6 is 0 Å². The molecule has 0 radical (unpaired) electrons. The van der Waals surface area contributed by atoms with Gasteiger partial charge in [0.25, 0.3) is 0 Å². The highest BCUT2D eigenvalue weighted by atomic mass is 16.5. The summed E-state index contributed by atoms with van der Waals surface area (Å²) in [6.45, 7) is 4.15. The van der Waals surface area contributed by atoms with Crippen LogP contribution in [-0.4, -0.2) is 57.9 Å². The number of hydrogen-bond donors (Lipinski definition) is 3. The maximum Gasteiger partial charge on any atom is 0.223 e. The van der Waals surface area contributed by atoms with Gasteiger partial charge in [-0.1, -0.05) is 25.8 Å². The van der Waals surface area contributed by atoms with Crippen molar-refractivity contribution in [3.05, 3.63) is 23.3 Å². The summed E-state index contributed by atoms with van der Waals surface area (Å²) in [5, 5.41) is 26.8. The Hall–Kier alpha value is -1.79. The zero-order valence-corrected chi connectivity index (χ0v) is 21.0. The summed E-state index contributed by atoms with van der Waals surface area (Å²) in [4.78, 5) is 16.1. The van der Waals surface area contributed by atoms with Gasteiger partial charge in [-0.05, 0) is 87.8 Å². The molecule has 1 spiro atoms. The van der Waals surface area contributed by atoms with Gasteiger partial charge in [-0.2, -0.15) is 0 Å². The molecule has 35 heavy (non-hydrogen) atoms. The summed E-state index contributed by atoms with van der Waals surface area (Å²) >= 11 is 0. The number of piperidine rings is 1. The fourth-order valence-electron chi connectivity index (χ4n) is 9.01. The van der Waals surface area contributed by atoms with Gasteiger partial charge in [0.2, 0.25) is 5.91 Å². The molecule has 7 rings (SSSR count). The lowest BCUT2D eigenvalue weighted by Crippen LogP contribution is -2.78. The van der Waals surface area contributed by atoms with E-state index >= 15 is 0 Å². The average Bonchev–Trinajstić information content (AvgIpc) is 3.34. The Balaban J connectivity index is 1.25. The van der Waals surface area contributed by atoms with Crippen molar-refractivity contribution in [2.45, 2.75) is 107 Å². The first-order valence-electron chi connectivity index (χ1n) is 14.2. The first-order valence-corrected chi connectivity index (χ1v) is 14.2. The predicted octanol–water partition coefficient (Wildman–Crippen LogP) is 3.66. The molecular weight excluding hydrogens is 440 g/mol. The molecule has 2 bridgehead atoms. The van der Waals surface area contributed by atoms with Crippen molar-refractivity contribution < 1.29 is 19.7 Å². The molecule has 3 N–H and O–H groups in total. The molecule has 0 aromatic heterocycles. The number of nitrogens with zero attached hydrogens (tertiary/aromatic N) is 1. The van der Waals surface area contributed by atoms with Crippen molar-refractivity contribution in [2.75, 3.05) is 13.1 Å². The Morgan fingerprint density at radius 2 is 2.00 bits per heavy atom. The Labute approximate surface area is 208 Å². The number of amides is 1. The standard InChI is InChI=1S/C29H40N2O4/c1-2-20(18-5-3-4-6-18)27(33)30-21-11-12-29(34)23-15-19-9-10-22(32)25-24(19)28(29,26(21)35-25)13-14-31(23)16-17-7-8-17/h9-10,17-18,20-21,23,26,32,34H,2-8,11-16H2,1H3,(H,30,33)/t20?,21?,23-,26?,28+,29-/m1/s1. The second kappa shape index (κ2) is 7.85. The van der Waals surface area contributed by atoms with Crippen LogP contribution in [0.25, 0.3) is 0 Å². The normalized spacial score (nSPS) is 38.6. The highest BCUT2D eigenvalue weighted by molar-refractivity contribution is 5.79. The summed E-state index contributed by atoms with van der Waals surface area (Å²) in [5.74, 6) is 2.20. The van der Waals surface area contributed by atoms with Gasteiger partial charge in [0.05, 0.1) is 17.1 Å². The number of likely N-dealkylation sites (tertiary alicyclic amines) is 1. The Bertz CT molecular complexity index is 1030. The summed E-state index contributed by atoms with van der Waals surface area (Å²) in [6.07, 6.45) is 10.9. The summed E-state index contributed by atoms with van der Waals surface area (Å²) < 4.78 is 6.61. The zero-order chi connectivity index (χ0) is 23.9. The van der Waals surface area contributed by atoms with E-state index in [-0.39, 0.29) is 35.8 Å². The number of phenols is 1. The smallest absolute Gasteiger partial charge is 0.223 e. The number of phenolic OH excluding ortho intramolecular Hbond substituents is 1. The SMILES string of the molecule is CCC(C(=O)NC1CC[C@@]2(O)[C@H]3Cc4ccc(O)c5c4[C@@]2(CCN3CC2CC2)C1O5)C1CCCC1. The van der Waals surface area contributed by atoms with E-state index in [0.717, 1.165) is 56.7 Å². The number of carbonyl (C=O) groups excluding carboxylic acids is 1. The molecule has 1 aromatic rings. The number of carbonyl (C=O) groups is 1. The van der Waals surface area contributed by atoms with E-state index in [4.69, 9.17) is 4.74 Å². The Kier molecular flexibility index (Phi) is 5.03. The number of aliphatic hydroxyl groups is 1. The van der Waals surface area contributed by atoms with E-state index in [0.29, 0.717) is 24.5 Å². The van der Waals surface area contributed by atoms with E-state index in [2.05, 4.69) is 17.1 Å². The molecule has 6 atom stereocenters. The summed E-state index contributed by atoms with van der Waals surface area (Å²) in [5.41, 5.74) is 0.784. The van der Waals surface area contributed by atoms with Gasteiger partial charge >= 0.3 is 0 Å². The summed E-state index contributed by atoms with van der Waals surface area (Å²) in [6, 6.07) is 3.73. The van der Waals surface area contributed by atoms with E-state index in [1.807, 2.05) is 6.07 Å². The molecule has 1 saturated heterocycles. The minimum atomic E-state index is -0.895. The zero-order valence-electron chi connectivity index (χ0n) is 21.0. The molecule has 6 nitrogen and oxygen atoms in total. The van der Waals surface area contributed by atoms with Crippen LogP contribution in [0.3, 0.4) is 0 Å². The maximum atomic E-state index is 13.6. The molecule has 6 heteroatoms. The van der Waals surface area contributed by atoms with Gasteiger partial charge in [-0.15, -0.1) is 0 Å². The van der Waals surface area contributed by atoms with E-state index in [1.54, 1.807) is 6.07 Å². The molecule has 190 valence electrons. The van der Waals surface area contributed by atoms with Gasteiger partial charge < -0.3 is 20.3 Å². The summed E-state index contributed by atoms with van der Waals surface area (Å²) in [7, 11) is 0. The second-order valence-electron chi connectivity index (χ2n) is 12.5. The third kappa shape index (κ3) is 3.05. The Morgan fingerprint density at radius 1 is 1.20 bits per heavy atom. The van der Waals surface area contributed by atoms with Crippen LogP contribution in [-0.2, 0) is 16.6 Å². The first kappa shape index (κ1) is 22.4. The molecule has 6 aliphatic rings. The fraction of sp³-hybridized carbons (Fsp3) is 0.759. The van der Waals surface area contributed by atoms with Gasteiger partial charge in [-0.25, -0.2) is 0 Å². The highest BCUT2D eigenvalue weighted by Gasteiger charge is 2.73. The number of rotatable bonds is 6. The van der Waals surface area contributed by atoms with Gasteiger partial charge in [0.1, 0.15) is 6.10 Å². The lowest BCUT2D eigenvalue weighted by atomic mass is 9.48. The quantitative estimate of drug-likeness (QED) is 0.579. The van der Waals surface area contributed by atoms with Crippen molar-refractivity contribution in [3.63, 3.8) is 0 Å². The minimum Gasteiger partial charge on any atom is -0.504 e. The molecule has 4 fully saturated rings. The molecule has 1 aromatic carbocycles. The van der Waals surface area contributed by atoms with Gasteiger partial charge in [0, 0.05) is 24.1 Å². The topological polar surface area (TPSA) is 82.0 Å². The Morgan fingerprint density at radius 3 is 2.74 bits per heavy atom. The van der Waals surface area contributed by atoms with Crippen LogP contribution in [0, 0.1) is 17.8 Å². The average molecular weight is 481 g/mol. The van der Waals surface area contributed by atoms with E-state index in [9.17, 15) is 15.0 Å². The van der Waals surface area contributed by atoms with Crippen molar-refractivity contribution in [1.82, 2.24) is 10.2 Å². The van der Waals surface area contributed by atoms with Crippen LogP contribution in [0.2, 0.25) is 0 Å². The first-order chi connectivity index (χ1) is 17.0. The van der Waals surface area contributed by atoms with E-state index < -0.39 is 11.0 Å². The predicted molar refractivity (Wildman–Crippen MR) is 132 cm³/mol. The number of benzene rings is 1. The van der Waals surface area contributed by atoms with Crippen molar-refractivity contribution in [1.29, 1.82) is 0 Å². The largest absolute Gasteiger partial charge is 0.504 e. The molecule has 3 saturated carbocycles. The maximum absolute atomic E-state index is 13.6. The molecule has 1 amide bonds. The van der Waals surface area contributed by atoms with Crippen LogP contribution in [0.15, 0.2) is 12.1 Å². The molecule has 2 heterocycles. The van der Waals surface area contributed by atoms with Crippen molar-refractivity contribution in [3.8, 4) is 11.5 Å². The van der Waals surface area contributed by atoms with Crippen LogP contribution in [0.4, 0.5) is 0 Å². The number of hydrogen-bond acceptors (Lipinski definition) is 5. The third-order valence-electron chi connectivity index (χ3n) is 10.8. The number of aromatic hydroxyl groups is 1. The van der Waals surface area contributed by atoms with Crippen molar-refractivity contribution in [2.24, 2.45) is 17.8 Å². The van der Waals surface area contributed by atoms with Gasteiger partial charge in [-0.3, -0.25) is 9.69 Å². The third-order valence-corrected chi connectivity index (χ3v) is 10.8. The second-order valence-corrected chi connectivity index (χ2v) is 12.5. The molecular formula is C29H40N2O4. The molecule has 2 aliphatic heterocycles. The van der Waals surface area contributed by atoms with Crippen molar-refractivity contribution >= 4 is 5.91 Å².